The number of allylic oxidation sites excluding steroid dienone is 4. The van der Waals surface area contributed by atoms with Gasteiger partial charge in [0.05, 0.1) is 0 Å². The second-order valence-corrected chi connectivity index (χ2v) is 10.0. The van der Waals surface area contributed by atoms with Crippen molar-refractivity contribution in [2.75, 3.05) is 0 Å². The maximum Gasteiger partial charge on any atom is 0.338 e. The van der Waals surface area contributed by atoms with E-state index in [-0.39, 0.29) is 39.6 Å². The number of carbonyl (C=O) groups is 4. The SMILES string of the molecule is C=C(C)C(=O)OC1=CC=C(/C(C)=C(\C)c2ccc(OC(=O)C(=C)C)cc2OC(=O)C(=C)C)C(C)C1OC(=O)C(=C)C. The van der Waals surface area contributed by atoms with Crippen LogP contribution in [0, 0.1) is 5.92 Å². The first-order valence-corrected chi connectivity index (χ1v) is 12.8. The van der Waals surface area contributed by atoms with Gasteiger partial charge in [0.25, 0.3) is 0 Å². The Hall–Kier alpha value is -4.72. The van der Waals surface area contributed by atoms with Crippen molar-refractivity contribution < 1.29 is 38.1 Å². The predicted octanol–water partition coefficient (Wildman–Crippen LogP) is 6.51. The van der Waals surface area contributed by atoms with Gasteiger partial charge in [-0.1, -0.05) is 39.3 Å². The molecule has 0 N–H and O–H groups in total. The lowest BCUT2D eigenvalue weighted by Gasteiger charge is -2.31. The van der Waals surface area contributed by atoms with Crippen LogP contribution in [0.3, 0.4) is 0 Å². The highest BCUT2D eigenvalue weighted by molar-refractivity contribution is 5.91. The predicted molar refractivity (Wildman–Crippen MR) is 157 cm³/mol. The Morgan fingerprint density at radius 2 is 1.17 bits per heavy atom. The van der Waals surface area contributed by atoms with Crippen LogP contribution in [0.1, 0.15) is 54.0 Å². The standard InChI is InChI=1S/C33H36O8/c1-17(2)30(34)38-24-12-13-26(28(16-24)40-32(36)19(5)6)22(10)21(9)25-14-15-27(39-31(35)18(3)4)29(23(25)11)41-33(37)20(7)8/h12-16,23,29H,1,3,5,7H2,2,4,6,8-11H3/b22-21+. The molecule has 8 heteroatoms. The zero-order valence-electron chi connectivity index (χ0n) is 24.6. The van der Waals surface area contributed by atoms with Crippen molar-refractivity contribution in [2.45, 2.75) is 54.6 Å². The molecule has 2 atom stereocenters. The van der Waals surface area contributed by atoms with Gasteiger partial charge in [0.15, 0.2) is 6.10 Å². The zero-order valence-corrected chi connectivity index (χ0v) is 24.6. The van der Waals surface area contributed by atoms with Crippen molar-refractivity contribution in [3.8, 4) is 11.5 Å². The molecular formula is C33H36O8. The summed E-state index contributed by atoms with van der Waals surface area (Å²) in [4.78, 5) is 49.2. The van der Waals surface area contributed by atoms with Gasteiger partial charge in [-0.05, 0) is 76.5 Å². The minimum atomic E-state index is -0.921. The van der Waals surface area contributed by atoms with E-state index in [1.54, 1.807) is 24.3 Å². The lowest BCUT2D eigenvalue weighted by Crippen LogP contribution is -2.33. The molecule has 0 fully saturated rings. The van der Waals surface area contributed by atoms with Crippen LogP contribution in [0.15, 0.2) is 95.9 Å². The van der Waals surface area contributed by atoms with E-state index in [0.29, 0.717) is 5.56 Å². The molecule has 8 nitrogen and oxygen atoms in total. The Bertz CT molecular complexity index is 1450. The summed E-state index contributed by atoms with van der Waals surface area (Å²) in [6.07, 6.45) is 2.43. The van der Waals surface area contributed by atoms with Gasteiger partial charge in [0, 0.05) is 39.8 Å². The molecule has 0 aromatic heterocycles. The zero-order chi connectivity index (χ0) is 31.2. The van der Waals surface area contributed by atoms with Gasteiger partial charge < -0.3 is 18.9 Å². The summed E-state index contributed by atoms with van der Waals surface area (Å²) in [5.41, 5.74) is 3.64. The van der Waals surface area contributed by atoms with E-state index in [2.05, 4.69) is 26.3 Å². The number of ether oxygens (including phenoxy) is 4. The van der Waals surface area contributed by atoms with Gasteiger partial charge >= 0.3 is 23.9 Å². The van der Waals surface area contributed by atoms with E-state index in [4.69, 9.17) is 18.9 Å². The van der Waals surface area contributed by atoms with Crippen LogP contribution < -0.4 is 9.47 Å². The fourth-order valence-electron chi connectivity index (χ4n) is 3.72. The fourth-order valence-corrected chi connectivity index (χ4v) is 3.72. The molecule has 0 radical (unpaired) electrons. The molecular weight excluding hydrogens is 524 g/mol. The number of carbonyl (C=O) groups excluding carboxylic acids is 4. The highest BCUT2D eigenvalue weighted by Gasteiger charge is 2.34. The largest absolute Gasteiger partial charge is 0.450 e. The molecule has 0 spiro atoms. The first-order chi connectivity index (χ1) is 19.0. The maximum absolute atomic E-state index is 12.5. The molecule has 1 aliphatic rings. The topological polar surface area (TPSA) is 105 Å². The average molecular weight is 561 g/mol. The smallest absolute Gasteiger partial charge is 0.338 e. The van der Waals surface area contributed by atoms with Crippen LogP contribution in [0.5, 0.6) is 11.5 Å². The van der Waals surface area contributed by atoms with Gasteiger partial charge in [-0.3, -0.25) is 0 Å². The van der Waals surface area contributed by atoms with Crippen LogP contribution >= 0.6 is 0 Å². The summed E-state index contributed by atoms with van der Waals surface area (Å²) < 4.78 is 22.1. The third-order valence-electron chi connectivity index (χ3n) is 6.26. The highest BCUT2D eigenvalue weighted by Crippen LogP contribution is 2.39. The highest BCUT2D eigenvalue weighted by atomic mass is 16.6. The molecule has 0 saturated heterocycles. The van der Waals surface area contributed by atoms with Crippen LogP contribution in [0.4, 0.5) is 0 Å². The normalized spacial score (nSPS) is 16.7. The minimum absolute atomic E-state index is 0.155. The maximum atomic E-state index is 12.5. The third kappa shape index (κ3) is 8.14. The van der Waals surface area contributed by atoms with Crippen molar-refractivity contribution in [1.82, 2.24) is 0 Å². The van der Waals surface area contributed by atoms with Crippen molar-refractivity contribution in [1.29, 1.82) is 0 Å². The van der Waals surface area contributed by atoms with E-state index in [0.717, 1.165) is 16.7 Å². The fraction of sp³-hybridized carbons (Fsp3) is 0.273. The van der Waals surface area contributed by atoms with Crippen LogP contribution in [0.25, 0.3) is 5.57 Å². The molecule has 0 saturated carbocycles. The Labute approximate surface area is 241 Å². The molecule has 0 heterocycles. The molecule has 1 aliphatic carbocycles. The quantitative estimate of drug-likeness (QED) is 0.181. The summed E-state index contributed by atoms with van der Waals surface area (Å²) in [6.45, 7) is 26.1. The molecule has 216 valence electrons. The van der Waals surface area contributed by atoms with Crippen molar-refractivity contribution in [2.24, 2.45) is 5.92 Å². The molecule has 0 aliphatic heterocycles. The molecule has 0 bridgehead atoms. The van der Waals surface area contributed by atoms with E-state index >= 15 is 0 Å². The monoisotopic (exact) mass is 560 g/mol. The summed E-state index contributed by atoms with van der Waals surface area (Å²) in [5, 5.41) is 0. The van der Waals surface area contributed by atoms with E-state index < -0.39 is 35.9 Å². The Balaban J connectivity index is 2.63. The lowest BCUT2D eigenvalue weighted by molar-refractivity contribution is -0.150. The van der Waals surface area contributed by atoms with Gasteiger partial charge in [-0.15, -0.1) is 0 Å². The second-order valence-electron chi connectivity index (χ2n) is 10.0. The Morgan fingerprint density at radius 1 is 0.659 bits per heavy atom. The van der Waals surface area contributed by atoms with Crippen molar-refractivity contribution in [3.63, 3.8) is 0 Å². The summed E-state index contributed by atoms with van der Waals surface area (Å²) in [7, 11) is 0. The summed E-state index contributed by atoms with van der Waals surface area (Å²) in [5.74, 6) is -2.50. The van der Waals surface area contributed by atoms with Gasteiger partial charge in [0.1, 0.15) is 17.3 Å². The minimum Gasteiger partial charge on any atom is -0.450 e. The van der Waals surface area contributed by atoms with Crippen LogP contribution in [0.2, 0.25) is 0 Å². The molecule has 2 unspecified atom stereocenters. The van der Waals surface area contributed by atoms with Gasteiger partial charge in [0.2, 0.25) is 0 Å². The third-order valence-corrected chi connectivity index (χ3v) is 6.26. The van der Waals surface area contributed by atoms with Crippen molar-refractivity contribution in [3.05, 3.63) is 101 Å². The molecule has 2 rings (SSSR count). The van der Waals surface area contributed by atoms with Crippen molar-refractivity contribution >= 4 is 29.5 Å². The Kier molecular flexibility index (Phi) is 10.8. The van der Waals surface area contributed by atoms with Gasteiger partial charge in [-0.25, -0.2) is 19.2 Å². The molecule has 41 heavy (non-hydrogen) atoms. The summed E-state index contributed by atoms with van der Waals surface area (Å²) >= 11 is 0. The van der Waals surface area contributed by atoms with E-state index in [1.807, 2.05) is 20.8 Å². The number of hydrogen-bond acceptors (Lipinski definition) is 8. The van der Waals surface area contributed by atoms with Crippen LogP contribution in [-0.2, 0) is 28.7 Å². The molecule has 0 amide bonds. The Morgan fingerprint density at radius 3 is 1.71 bits per heavy atom. The lowest BCUT2D eigenvalue weighted by atomic mass is 9.82. The number of esters is 4. The molecule has 1 aromatic carbocycles. The van der Waals surface area contributed by atoms with Gasteiger partial charge in [-0.2, -0.15) is 0 Å². The number of hydrogen-bond donors (Lipinski definition) is 0. The first-order valence-electron chi connectivity index (χ1n) is 12.8. The molecule has 1 aromatic rings. The first kappa shape index (κ1) is 32.5. The number of benzene rings is 1. The summed E-state index contributed by atoms with van der Waals surface area (Å²) in [6, 6.07) is 4.69. The van der Waals surface area contributed by atoms with Crippen LogP contribution in [-0.4, -0.2) is 30.0 Å². The second kappa shape index (κ2) is 13.6. The average Bonchev–Trinajstić information content (AvgIpc) is 2.89. The van der Waals surface area contributed by atoms with E-state index in [9.17, 15) is 19.2 Å². The van der Waals surface area contributed by atoms with E-state index in [1.165, 1.54) is 33.8 Å². The number of rotatable bonds is 10.